The standard InChI is InChI=1S/C8H12INO/c1-5(2)10-6(3)4-7(9)8(10)11/h5,7H,3-4H2,1-2H3. The topological polar surface area (TPSA) is 20.3 Å². The van der Waals surface area contributed by atoms with Gasteiger partial charge in [-0.2, -0.15) is 0 Å². The van der Waals surface area contributed by atoms with Gasteiger partial charge in [-0.15, -0.1) is 0 Å². The number of rotatable bonds is 1. The first kappa shape index (κ1) is 9.03. The maximum absolute atomic E-state index is 11.4. The van der Waals surface area contributed by atoms with Crippen molar-refractivity contribution in [1.82, 2.24) is 4.90 Å². The van der Waals surface area contributed by atoms with Gasteiger partial charge in [0.05, 0.1) is 3.92 Å². The molecule has 11 heavy (non-hydrogen) atoms. The van der Waals surface area contributed by atoms with Crippen molar-refractivity contribution in [3.05, 3.63) is 12.3 Å². The van der Waals surface area contributed by atoms with E-state index in [1.807, 2.05) is 13.8 Å². The fourth-order valence-electron chi connectivity index (χ4n) is 1.32. The van der Waals surface area contributed by atoms with Crippen LogP contribution in [0.4, 0.5) is 0 Å². The van der Waals surface area contributed by atoms with Crippen molar-refractivity contribution in [2.75, 3.05) is 0 Å². The van der Waals surface area contributed by atoms with Crippen molar-refractivity contribution in [2.45, 2.75) is 30.2 Å². The molecule has 2 nitrogen and oxygen atoms in total. The molecule has 3 heteroatoms. The number of carbonyl (C=O) groups is 1. The molecule has 0 N–H and O–H groups in total. The molecule has 1 aliphatic rings. The molecule has 0 aliphatic carbocycles. The Bertz CT molecular complexity index is 200. The van der Waals surface area contributed by atoms with Crippen LogP contribution in [0, 0.1) is 0 Å². The summed E-state index contributed by atoms with van der Waals surface area (Å²) in [6, 6.07) is 0.259. The molecular formula is C8H12INO. The first-order chi connectivity index (χ1) is 5.04. The van der Waals surface area contributed by atoms with E-state index in [9.17, 15) is 4.79 Å². The van der Waals surface area contributed by atoms with Gasteiger partial charge < -0.3 is 4.90 Å². The van der Waals surface area contributed by atoms with Gasteiger partial charge in [0.1, 0.15) is 0 Å². The van der Waals surface area contributed by atoms with Crippen molar-refractivity contribution in [3.8, 4) is 0 Å². The minimum absolute atomic E-state index is 0.113. The lowest BCUT2D eigenvalue weighted by atomic mass is 10.3. The highest BCUT2D eigenvalue weighted by Crippen LogP contribution is 2.28. The number of nitrogens with zero attached hydrogens (tertiary/aromatic N) is 1. The Morgan fingerprint density at radius 1 is 1.73 bits per heavy atom. The summed E-state index contributed by atoms with van der Waals surface area (Å²) < 4.78 is 0.113. The summed E-state index contributed by atoms with van der Waals surface area (Å²) in [5.41, 5.74) is 0.962. The third kappa shape index (κ3) is 1.58. The first-order valence-electron chi connectivity index (χ1n) is 3.69. The Morgan fingerprint density at radius 3 is 2.45 bits per heavy atom. The number of hydrogen-bond acceptors (Lipinski definition) is 1. The van der Waals surface area contributed by atoms with Crippen molar-refractivity contribution in [2.24, 2.45) is 0 Å². The molecule has 0 aromatic rings. The van der Waals surface area contributed by atoms with E-state index >= 15 is 0 Å². The molecule has 1 heterocycles. The molecule has 62 valence electrons. The number of carbonyl (C=O) groups excluding carboxylic acids is 1. The molecule has 0 aromatic heterocycles. The third-order valence-electron chi connectivity index (χ3n) is 1.78. The molecule has 1 rings (SSSR count). The van der Waals surface area contributed by atoms with E-state index in [2.05, 4.69) is 29.2 Å². The molecule has 1 amide bonds. The highest BCUT2D eigenvalue weighted by Gasteiger charge is 2.33. The van der Waals surface area contributed by atoms with Gasteiger partial charge in [-0.05, 0) is 13.8 Å². The Morgan fingerprint density at radius 2 is 2.27 bits per heavy atom. The Kier molecular flexibility index (Phi) is 2.57. The molecule has 0 radical (unpaired) electrons. The van der Waals surface area contributed by atoms with Gasteiger partial charge in [0.25, 0.3) is 0 Å². The molecule has 0 spiro atoms. The summed E-state index contributed by atoms with van der Waals surface area (Å²) >= 11 is 2.17. The molecule has 1 unspecified atom stereocenters. The average molecular weight is 265 g/mol. The number of alkyl halides is 1. The van der Waals surface area contributed by atoms with Gasteiger partial charge in [0.15, 0.2) is 0 Å². The minimum atomic E-state index is 0.113. The molecule has 0 aromatic carbocycles. The highest BCUT2D eigenvalue weighted by atomic mass is 127. The molecule has 1 atom stereocenters. The van der Waals surface area contributed by atoms with Crippen LogP contribution in [0.5, 0.6) is 0 Å². The Hall–Kier alpha value is -0.0600. The monoisotopic (exact) mass is 265 g/mol. The first-order valence-corrected chi connectivity index (χ1v) is 4.93. The normalized spacial score (nSPS) is 25.5. The van der Waals surface area contributed by atoms with Crippen LogP contribution in [0.2, 0.25) is 0 Å². The van der Waals surface area contributed by atoms with Gasteiger partial charge in [-0.1, -0.05) is 29.2 Å². The number of halogens is 1. The van der Waals surface area contributed by atoms with E-state index in [-0.39, 0.29) is 15.9 Å². The molecule has 1 aliphatic heterocycles. The van der Waals surface area contributed by atoms with E-state index < -0.39 is 0 Å². The second kappa shape index (κ2) is 3.13. The second-order valence-electron chi connectivity index (χ2n) is 3.04. The quantitative estimate of drug-likeness (QED) is 0.524. The summed E-state index contributed by atoms with van der Waals surface area (Å²) in [5, 5.41) is 0. The van der Waals surface area contributed by atoms with Crippen molar-refractivity contribution >= 4 is 28.5 Å². The van der Waals surface area contributed by atoms with E-state index in [0.29, 0.717) is 0 Å². The maximum atomic E-state index is 11.4. The Balaban J connectivity index is 2.80. The summed E-state index contributed by atoms with van der Waals surface area (Å²) in [7, 11) is 0. The number of hydrogen-bond donors (Lipinski definition) is 0. The smallest absolute Gasteiger partial charge is 0.240 e. The third-order valence-corrected chi connectivity index (χ3v) is 2.75. The van der Waals surface area contributed by atoms with E-state index in [0.717, 1.165) is 12.1 Å². The minimum Gasteiger partial charge on any atom is -0.313 e. The zero-order chi connectivity index (χ0) is 8.59. The predicted octanol–water partition coefficient (Wildman–Crippen LogP) is 1.94. The SMILES string of the molecule is C=C1CC(I)C(=O)N1C(C)C. The van der Waals surface area contributed by atoms with Crippen LogP contribution < -0.4 is 0 Å². The van der Waals surface area contributed by atoms with Gasteiger partial charge in [0, 0.05) is 18.2 Å². The predicted molar refractivity (Wildman–Crippen MR) is 53.5 cm³/mol. The van der Waals surface area contributed by atoms with Crippen molar-refractivity contribution in [1.29, 1.82) is 0 Å². The van der Waals surface area contributed by atoms with E-state index in [1.54, 1.807) is 4.90 Å². The molecule has 1 fully saturated rings. The lowest BCUT2D eigenvalue weighted by molar-refractivity contribution is -0.127. The van der Waals surface area contributed by atoms with E-state index in [4.69, 9.17) is 0 Å². The number of allylic oxidation sites excluding steroid dienone is 1. The largest absolute Gasteiger partial charge is 0.313 e. The average Bonchev–Trinajstić information content (AvgIpc) is 2.07. The fraction of sp³-hybridized carbons (Fsp3) is 0.625. The summed E-state index contributed by atoms with van der Waals surface area (Å²) in [6.07, 6.45) is 0.817. The number of likely N-dealkylation sites (tertiary alicyclic amines) is 1. The van der Waals surface area contributed by atoms with Crippen LogP contribution in [0.3, 0.4) is 0 Å². The fourth-order valence-corrected chi connectivity index (χ4v) is 2.13. The van der Waals surface area contributed by atoms with Crippen LogP contribution in [-0.4, -0.2) is 20.8 Å². The molecule has 0 bridgehead atoms. The van der Waals surface area contributed by atoms with Crippen LogP contribution in [0.15, 0.2) is 12.3 Å². The second-order valence-corrected chi connectivity index (χ2v) is 4.54. The van der Waals surface area contributed by atoms with Crippen LogP contribution in [0.1, 0.15) is 20.3 Å². The molecule has 0 saturated carbocycles. The van der Waals surface area contributed by atoms with Gasteiger partial charge in [-0.3, -0.25) is 4.79 Å². The number of amides is 1. The van der Waals surface area contributed by atoms with Gasteiger partial charge in [0.2, 0.25) is 5.91 Å². The van der Waals surface area contributed by atoms with Crippen LogP contribution in [-0.2, 0) is 4.79 Å². The lowest BCUT2D eigenvalue weighted by Crippen LogP contribution is -2.32. The van der Waals surface area contributed by atoms with Crippen LogP contribution >= 0.6 is 22.6 Å². The van der Waals surface area contributed by atoms with Crippen LogP contribution in [0.25, 0.3) is 0 Å². The summed E-state index contributed by atoms with van der Waals surface area (Å²) in [4.78, 5) is 13.2. The van der Waals surface area contributed by atoms with E-state index in [1.165, 1.54) is 0 Å². The van der Waals surface area contributed by atoms with Crippen molar-refractivity contribution < 1.29 is 4.79 Å². The molecular weight excluding hydrogens is 253 g/mol. The van der Waals surface area contributed by atoms with Crippen molar-refractivity contribution in [3.63, 3.8) is 0 Å². The Labute approximate surface area is 80.8 Å². The summed E-state index contributed by atoms with van der Waals surface area (Å²) in [5.74, 6) is 0.214. The molecule has 1 saturated heterocycles. The summed E-state index contributed by atoms with van der Waals surface area (Å²) in [6.45, 7) is 7.88. The zero-order valence-electron chi connectivity index (χ0n) is 6.80. The lowest BCUT2D eigenvalue weighted by Gasteiger charge is -2.21. The van der Waals surface area contributed by atoms with Gasteiger partial charge >= 0.3 is 0 Å². The van der Waals surface area contributed by atoms with Gasteiger partial charge in [-0.25, -0.2) is 0 Å². The maximum Gasteiger partial charge on any atom is 0.240 e. The highest BCUT2D eigenvalue weighted by molar-refractivity contribution is 14.1. The zero-order valence-corrected chi connectivity index (χ0v) is 8.96.